The van der Waals surface area contributed by atoms with Crippen molar-refractivity contribution in [3.63, 3.8) is 0 Å². The molecule has 0 aliphatic carbocycles. The van der Waals surface area contributed by atoms with E-state index in [1.54, 1.807) is 32.5 Å². The molecule has 2 N–H and O–H groups in total. The Kier molecular flexibility index (Phi) is 6.37. The lowest BCUT2D eigenvalue weighted by Gasteiger charge is -2.10. The van der Waals surface area contributed by atoms with E-state index in [1.165, 1.54) is 17.2 Å². The van der Waals surface area contributed by atoms with Gasteiger partial charge in [-0.25, -0.2) is 9.97 Å². The SMILES string of the molecule is COc1cc2ncnc(Oc3cnn(CC(=O)Nc4ccc5ccn(CCO)c5c4)c3)c2cc1OC. The number of nitrogens with zero attached hydrogens (tertiary/aromatic N) is 5. The Morgan fingerprint density at radius 3 is 2.72 bits per heavy atom. The zero-order valence-corrected chi connectivity index (χ0v) is 19.7. The highest BCUT2D eigenvalue weighted by molar-refractivity contribution is 5.93. The largest absolute Gasteiger partial charge is 0.493 e. The number of carbonyl (C=O) groups is 1. The van der Waals surface area contributed by atoms with Crippen molar-refractivity contribution in [2.75, 3.05) is 26.1 Å². The lowest BCUT2D eigenvalue weighted by Crippen LogP contribution is -2.19. The number of fused-ring (bicyclic) bond motifs is 2. The van der Waals surface area contributed by atoms with Crippen LogP contribution in [0.2, 0.25) is 0 Å². The maximum atomic E-state index is 12.6. The fourth-order valence-electron chi connectivity index (χ4n) is 3.95. The first kappa shape index (κ1) is 23.1. The van der Waals surface area contributed by atoms with Crippen LogP contribution in [0, 0.1) is 0 Å². The highest BCUT2D eigenvalue weighted by Gasteiger charge is 2.14. The standard InChI is InChI=1S/C25H24N6O5/c1-34-22-10-19-20(11-23(22)35-2)26-15-27-25(19)36-18-12-28-31(13-18)14-24(33)29-17-4-3-16-5-6-30(7-8-32)21(16)9-17/h3-6,9-13,15,32H,7-8,14H2,1-2H3,(H,29,33). The van der Waals surface area contributed by atoms with Gasteiger partial charge in [-0.1, -0.05) is 6.07 Å². The zero-order chi connectivity index (χ0) is 25.1. The second-order valence-electron chi connectivity index (χ2n) is 7.93. The van der Waals surface area contributed by atoms with E-state index in [9.17, 15) is 9.90 Å². The molecular weight excluding hydrogens is 464 g/mol. The Morgan fingerprint density at radius 2 is 1.92 bits per heavy atom. The van der Waals surface area contributed by atoms with E-state index in [0.29, 0.717) is 46.3 Å². The Hall–Kier alpha value is -4.64. The molecular formula is C25H24N6O5. The van der Waals surface area contributed by atoms with Gasteiger partial charge in [-0.15, -0.1) is 0 Å². The molecule has 11 heteroatoms. The predicted molar refractivity (Wildman–Crippen MR) is 133 cm³/mol. The summed E-state index contributed by atoms with van der Waals surface area (Å²) < 4.78 is 20.1. The third-order valence-electron chi connectivity index (χ3n) is 5.63. The van der Waals surface area contributed by atoms with Gasteiger partial charge in [0.15, 0.2) is 17.2 Å². The van der Waals surface area contributed by atoms with Crippen LogP contribution in [0.25, 0.3) is 21.8 Å². The topological polar surface area (TPSA) is 126 Å². The number of ether oxygens (including phenoxy) is 3. The molecule has 0 aliphatic rings. The number of hydrogen-bond acceptors (Lipinski definition) is 8. The number of aromatic nitrogens is 5. The summed E-state index contributed by atoms with van der Waals surface area (Å²) >= 11 is 0. The Labute approximate surface area is 205 Å². The molecule has 5 aromatic rings. The lowest BCUT2D eigenvalue weighted by molar-refractivity contribution is -0.116. The van der Waals surface area contributed by atoms with Crippen LogP contribution in [-0.2, 0) is 17.9 Å². The van der Waals surface area contributed by atoms with Gasteiger partial charge in [0.2, 0.25) is 11.8 Å². The molecule has 3 aromatic heterocycles. The van der Waals surface area contributed by atoms with Crippen molar-refractivity contribution in [1.82, 2.24) is 24.3 Å². The molecule has 0 saturated heterocycles. The first-order valence-corrected chi connectivity index (χ1v) is 11.1. The van der Waals surface area contributed by atoms with Crippen molar-refractivity contribution in [2.24, 2.45) is 0 Å². The molecule has 0 spiro atoms. The van der Waals surface area contributed by atoms with Gasteiger partial charge in [0, 0.05) is 24.5 Å². The molecule has 0 fully saturated rings. The number of carbonyl (C=O) groups excluding carboxylic acids is 1. The molecule has 0 bridgehead atoms. The van der Waals surface area contributed by atoms with Crippen LogP contribution in [0.15, 0.2) is 61.3 Å². The second-order valence-corrected chi connectivity index (χ2v) is 7.93. The second kappa shape index (κ2) is 9.92. The van der Waals surface area contributed by atoms with E-state index in [2.05, 4.69) is 20.4 Å². The first-order chi connectivity index (χ1) is 17.6. The van der Waals surface area contributed by atoms with Crippen molar-refractivity contribution in [3.05, 3.63) is 61.3 Å². The number of aliphatic hydroxyl groups excluding tert-OH is 1. The Morgan fingerprint density at radius 1 is 1.08 bits per heavy atom. The summed E-state index contributed by atoms with van der Waals surface area (Å²) in [6.07, 6.45) is 6.43. The maximum Gasteiger partial charge on any atom is 0.246 e. The highest BCUT2D eigenvalue weighted by atomic mass is 16.5. The van der Waals surface area contributed by atoms with Crippen LogP contribution in [0.1, 0.15) is 0 Å². The minimum absolute atomic E-state index is 0.00536. The molecule has 184 valence electrons. The average Bonchev–Trinajstić information content (AvgIpc) is 3.50. The Bertz CT molecular complexity index is 1540. The number of hydrogen-bond donors (Lipinski definition) is 2. The minimum Gasteiger partial charge on any atom is -0.493 e. The van der Waals surface area contributed by atoms with E-state index in [-0.39, 0.29) is 19.1 Å². The summed E-state index contributed by atoms with van der Waals surface area (Å²) in [5.41, 5.74) is 2.22. The lowest BCUT2D eigenvalue weighted by atomic mass is 10.2. The third-order valence-corrected chi connectivity index (χ3v) is 5.63. The summed E-state index contributed by atoms with van der Waals surface area (Å²) in [5, 5.41) is 18.0. The van der Waals surface area contributed by atoms with Crippen molar-refractivity contribution < 1.29 is 24.1 Å². The maximum absolute atomic E-state index is 12.6. The van der Waals surface area contributed by atoms with E-state index in [0.717, 1.165) is 10.9 Å². The van der Waals surface area contributed by atoms with E-state index < -0.39 is 0 Å². The molecule has 1 amide bonds. The van der Waals surface area contributed by atoms with Crippen LogP contribution in [0.5, 0.6) is 23.1 Å². The van der Waals surface area contributed by atoms with E-state index in [1.807, 2.05) is 35.0 Å². The molecule has 36 heavy (non-hydrogen) atoms. The number of methoxy groups -OCH3 is 2. The minimum atomic E-state index is -0.242. The number of amides is 1. The van der Waals surface area contributed by atoms with Crippen LogP contribution in [0.4, 0.5) is 5.69 Å². The number of aliphatic hydroxyl groups is 1. The van der Waals surface area contributed by atoms with Gasteiger partial charge in [-0.2, -0.15) is 5.10 Å². The van der Waals surface area contributed by atoms with E-state index >= 15 is 0 Å². The summed E-state index contributed by atoms with van der Waals surface area (Å²) in [7, 11) is 3.11. The van der Waals surface area contributed by atoms with Crippen molar-refractivity contribution in [3.8, 4) is 23.1 Å². The molecule has 2 aromatic carbocycles. The van der Waals surface area contributed by atoms with Crippen molar-refractivity contribution in [2.45, 2.75) is 13.1 Å². The summed E-state index contributed by atoms with van der Waals surface area (Å²) in [6, 6.07) is 11.1. The Balaban J connectivity index is 1.29. The molecule has 3 heterocycles. The fourth-order valence-corrected chi connectivity index (χ4v) is 3.95. The smallest absolute Gasteiger partial charge is 0.246 e. The normalized spacial score (nSPS) is 11.1. The molecule has 0 aliphatic heterocycles. The number of nitrogens with one attached hydrogen (secondary N) is 1. The van der Waals surface area contributed by atoms with Gasteiger partial charge in [0.1, 0.15) is 12.9 Å². The van der Waals surface area contributed by atoms with Crippen LogP contribution in [0.3, 0.4) is 0 Å². The highest BCUT2D eigenvalue weighted by Crippen LogP contribution is 2.35. The fraction of sp³-hybridized carbons (Fsp3) is 0.200. The molecule has 0 saturated carbocycles. The van der Waals surface area contributed by atoms with Crippen LogP contribution in [-0.4, -0.2) is 56.2 Å². The third kappa shape index (κ3) is 4.64. The predicted octanol–water partition coefficient (Wildman–Crippen LogP) is 3.22. The summed E-state index contributed by atoms with van der Waals surface area (Å²) in [4.78, 5) is 21.1. The number of anilines is 1. The van der Waals surface area contributed by atoms with Crippen molar-refractivity contribution >= 4 is 33.4 Å². The summed E-state index contributed by atoms with van der Waals surface area (Å²) in [5.74, 6) is 1.58. The quantitative estimate of drug-likeness (QED) is 0.324. The monoisotopic (exact) mass is 488 g/mol. The van der Waals surface area contributed by atoms with Crippen LogP contribution >= 0.6 is 0 Å². The van der Waals surface area contributed by atoms with Gasteiger partial charge in [-0.3, -0.25) is 9.48 Å². The van der Waals surface area contributed by atoms with E-state index in [4.69, 9.17) is 14.2 Å². The molecule has 0 unspecified atom stereocenters. The van der Waals surface area contributed by atoms with Gasteiger partial charge < -0.3 is 29.2 Å². The summed E-state index contributed by atoms with van der Waals surface area (Å²) in [6.45, 7) is 0.518. The molecule has 5 rings (SSSR count). The van der Waals surface area contributed by atoms with Crippen molar-refractivity contribution in [1.29, 1.82) is 0 Å². The average molecular weight is 489 g/mol. The molecule has 11 nitrogen and oxygen atoms in total. The van der Waals surface area contributed by atoms with Crippen LogP contribution < -0.4 is 19.5 Å². The van der Waals surface area contributed by atoms with Gasteiger partial charge in [0.05, 0.1) is 49.6 Å². The van der Waals surface area contributed by atoms with Gasteiger partial charge in [0.25, 0.3) is 0 Å². The first-order valence-electron chi connectivity index (χ1n) is 11.1. The number of rotatable bonds is 9. The molecule has 0 atom stereocenters. The number of benzene rings is 2. The van der Waals surface area contributed by atoms with Gasteiger partial charge in [-0.05, 0) is 29.7 Å². The zero-order valence-electron chi connectivity index (χ0n) is 19.7. The van der Waals surface area contributed by atoms with Gasteiger partial charge >= 0.3 is 0 Å². The molecule has 0 radical (unpaired) electrons.